The predicted octanol–water partition coefficient (Wildman–Crippen LogP) is 5.50. The maximum atomic E-state index is 13.5. The molecule has 0 aliphatic rings. The van der Waals surface area contributed by atoms with Gasteiger partial charge in [-0.1, -0.05) is 17.7 Å². The minimum absolute atomic E-state index is 0.0193. The second-order valence-electron chi connectivity index (χ2n) is 5.10. The molecule has 2 rings (SSSR count). The summed E-state index contributed by atoms with van der Waals surface area (Å²) in [4.78, 5) is 23.5. The Morgan fingerprint density at radius 3 is 2.22 bits per heavy atom. The summed E-state index contributed by atoms with van der Waals surface area (Å²) >= 11 is 5.45. The Morgan fingerprint density at radius 2 is 1.67 bits per heavy atom. The normalized spacial score (nSPS) is 11.2. The molecule has 0 fully saturated rings. The first kappa shape index (κ1) is 21.0. The zero-order valence-electron chi connectivity index (χ0n) is 13.4. The molecule has 2 aromatic rings. The standard InChI is InChI=1S/C16H10ClF5N2O2S/c1-7-10(5-6-11(13(7)17)27-16(20,21)22)23-15(26)24-14(25)12-8(18)3-2-4-9(12)19/h2-6H,1H3,(H2,23,24,25,26). The first-order chi connectivity index (χ1) is 12.5. The zero-order chi connectivity index (χ0) is 20.4. The summed E-state index contributed by atoms with van der Waals surface area (Å²) in [6, 6.07) is 3.80. The van der Waals surface area contributed by atoms with Gasteiger partial charge in [0, 0.05) is 10.6 Å². The number of urea groups is 1. The number of rotatable bonds is 3. The second kappa shape index (κ2) is 8.13. The fourth-order valence-corrected chi connectivity index (χ4v) is 2.94. The lowest BCUT2D eigenvalue weighted by Crippen LogP contribution is -2.35. The molecule has 0 aromatic heterocycles. The van der Waals surface area contributed by atoms with Crippen molar-refractivity contribution < 1.29 is 31.5 Å². The summed E-state index contributed by atoms with van der Waals surface area (Å²) < 4.78 is 64.4. The Balaban J connectivity index is 2.14. The molecule has 0 aliphatic carbocycles. The van der Waals surface area contributed by atoms with Gasteiger partial charge in [-0.3, -0.25) is 10.1 Å². The Labute approximate surface area is 159 Å². The molecule has 3 amide bonds. The smallest absolute Gasteiger partial charge is 0.307 e. The van der Waals surface area contributed by atoms with E-state index in [1.807, 2.05) is 0 Å². The number of nitrogens with one attached hydrogen (secondary N) is 2. The predicted molar refractivity (Wildman–Crippen MR) is 90.9 cm³/mol. The van der Waals surface area contributed by atoms with Crippen LogP contribution in [-0.2, 0) is 0 Å². The van der Waals surface area contributed by atoms with Crippen molar-refractivity contribution >= 4 is 41.0 Å². The highest BCUT2D eigenvalue weighted by Gasteiger charge is 2.31. The highest BCUT2D eigenvalue weighted by Crippen LogP contribution is 2.42. The van der Waals surface area contributed by atoms with Crippen LogP contribution < -0.4 is 10.6 Å². The van der Waals surface area contributed by atoms with Gasteiger partial charge in [-0.2, -0.15) is 13.2 Å². The molecule has 0 saturated carbocycles. The van der Waals surface area contributed by atoms with Crippen LogP contribution in [0.15, 0.2) is 35.2 Å². The third-order valence-corrected chi connectivity index (χ3v) is 4.63. The van der Waals surface area contributed by atoms with Crippen LogP contribution in [0.3, 0.4) is 0 Å². The molecule has 2 aromatic carbocycles. The number of hydrogen-bond acceptors (Lipinski definition) is 3. The Hall–Kier alpha value is -2.33. The zero-order valence-corrected chi connectivity index (χ0v) is 15.0. The molecule has 0 aliphatic heterocycles. The van der Waals surface area contributed by atoms with Crippen LogP contribution >= 0.6 is 23.4 Å². The molecule has 0 unspecified atom stereocenters. The molecule has 0 atom stereocenters. The van der Waals surface area contributed by atoms with E-state index in [0.717, 1.165) is 30.3 Å². The van der Waals surface area contributed by atoms with Gasteiger partial charge in [0.15, 0.2) is 0 Å². The van der Waals surface area contributed by atoms with Gasteiger partial charge in [-0.15, -0.1) is 0 Å². The van der Waals surface area contributed by atoms with Crippen molar-refractivity contribution in [1.29, 1.82) is 0 Å². The molecule has 0 spiro atoms. The monoisotopic (exact) mass is 424 g/mol. The van der Waals surface area contributed by atoms with Gasteiger partial charge < -0.3 is 5.32 Å². The Morgan fingerprint density at radius 1 is 1.07 bits per heavy atom. The van der Waals surface area contributed by atoms with Crippen molar-refractivity contribution in [1.82, 2.24) is 5.32 Å². The topological polar surface area (TPSA) is 58.2 Å². The van der Waals surface area contributed by atoms with E-state index in [-0.39, 0.29) is 21.2 Å². The van der Waals surface area contributed by atoms with Gasteiger partial charge in [-0.05, 0) is 48.5 Å². The van der Waals surface area contributed by atoms with Gasteiger partial charge >= 0.3 is 11.5 Å². The molecule has 11 heteroatoms. The highest BCUT2D eigenvalue weighted by atomic mass is 35.5. The molecule has 2 N–H and O–H groups in total. The highest BCUT2D eigenvalue weighted by molar-refractivity contribution is 8.00. The van der Waals surface area contributed by atoms with Crippen molar-refractivity contribution in [2.24, 2.45) is 0 Å². The lowest BCUT2D eigenvalue weighted by Gasteiger charge is -2.14. The number of anilines is 1. The quantitative estimate of drug-likeness (QED) is 0.505. The number of amides is 3. The van der Waals surface area contributed by atoms with Crippen molar-refractivity contribution in [2.75, 3.05) is 5.32 Å². The molecule has 0 radical (unpaired) electrons. The van der Waals surface area contributed by atoms with Crippen molar-refractivity contribution in [3.8, 4) is 0 Å². The molecule has 0 heterocycles. The van der Waals surface area contributed by atoms with Gasteiger partial charge in [0.1, 0.15) is 17.2 Å². The van der Waals surface area contributed by atoms with E-state index in [2.05, 4.69) is 5.32 Å². The van der Waals surface area contributed by atoms with E-state index >= 15 is 0 Å². The largest absolute Gasteiger partial charge is 0.446 e. The summed E-state index contributed by atoms with van der Waals surface area (Å²) in [6.07, 6.45) is 0. The maximum Gasteiger partial charge on any atom is 0.446 e. The average Bonchev–Trinajstić information content (AvgIpc) is 2.53. The van der Waals surface area contributed by atoms with E-state index in [1.165, 1.54) is 6.92 Å². The van der Waals surface area contributed by atoms with E-state index in [9.17, 15) is 31.5 Å². The lowest BCUT2D eigenvalue weighted by atomic mass is 10.2. The molecule has 0 bridgehead atoms. The number of hydrogen-bond donors (Lipinski definition) is 2. The fourth-order valence-electron chi connectivity index (χ4n) is 2.03. The molecule has 27 heavy (non-hydrogen) atoms. The van der Waals surface area contributed by atoms with Gasteiger partial charge in [0.2, 0.25) is 0 Å². The molecule has 4 nitrogen and oxygen atoms in total. The molecular formula is C16H10ClF5N2O2S. The summed E-state index contributed by atoms with van der Waals surface area (Å²) in [7, 11) is 0. The van der Waals surface area contributed by atoms with Crippen LogP contribution in [0.1, 0.15) is 15.9 Å². The number of halogens is 6. The average molecular weight is 425 g/mol. The van der Waals surface area contributed by atoms with E-state index in [0.29, 0.717) is 0 Å². The van der Waals surface area contributed by atoms with Gasteiger partial charge in [-0.25, -0.2) is 13.6 Å². The van der Waals surface area contributed by atoms with Crippen molar-refractivity contribution in [3.05, 3.63) is 58.1 Å². The summed E-state index contributed by atoms with van der Waals surface area (Å²) in [6.45, 7) is 1.36. The SMILES string of the molecule is Cc1c(NC(=O)NC(=O)c2c(F)cccc2F)ccc(SC(F)(F)F)c1Cl. The molecule has 144 valence electrons. The number of imide groups is 1. The fraction of sp³-hybridized carbons (Fsp3) is 0.125. The minimum atomic E-state index is -4.54. The van der Waals surface area contributed by atoms with Gasteiger partial charge in [0.25, 0.3) is 5.91 Å². The Bertz CT molecular complexity index is 885. The lowest BCUT2D eigenvalue weighted by molar-refractivity contribution is -0.0328. The van der Waals surface area contributed by atoms with Gasteiger partial charge in [0.05, 0.1) is 5.02 Å². The minimum Gasteiger partial charge on any atom is -0.307 e. The first-order valence-electron chi connectivity index (χ1n) is 7.11. The number of thioether (sulfide) groups is 1. The summed E-state index contributed by atoms with van der Waals surface area (Å²) in [5.41, 5.74) is -5.35. The van der Waals surface area contributed by atoms with Crippen LogP contribution in [0, 0.1) is 18.6 Å². The first-order valence-corrected chi connectivity index (χ1v) is 8.30. The van der Waals surface area contributed by atoms with Crippen LogP contribution in [0.2, 0.25) is 5.02 Å². The summed E-state index contributed by atoms with van der Waals surface area (Å²) in [5.74, 6) is -3.64. The third-order valence-electron chi connectivity index (χ3n) is 3.24. The third kappa shape index (κ3) is 5.33. The molecule has 0 saturated heterocycles. The Kier molecular flexibility index (Phi) is 6.32. The second-order valence-corrected chi connectivity index (χ2v) is 6.59. The van der Waals surface area contributed by atoms with E-state index in [4.69, 9.17) is 11.6 Å². The van der Waals surface area contributed by atoms with E-state index in [1.54, 1.807) is 5.32 Å². The van der Waals surface area contributed by atoms with Crippen molar-refractivity contribution in [2.45, 2.75) is 17.3 Å². The summed E-state index contributed by atoms with van der Waals surface area (Å²) in [5, 5.41) is 3.68. The number of carbonyl (C=O) groups excluding carboxylic acids is 2. The van der Waals surface area contributed by atoms with Crippen LogP contribution in [0.4, 0.5) is 32.4 Å². The van der Waals surface area contributed by atoms with Crippen LogP contribution in [0.25, 0.3) is 0 Å². The molecular weight excluding hydrogens is 415 g/mol. The maximum absolute atomic E-state index is 13.5. The van der Waals surface area contributed by atoms with Crippen LogP contribution in [-0.4, -0.2) is 17.4 Å². The number of carbonyl (C=O) groups is 2. The number of alkyl halides is 3. The number of benzene rings is 2. The van der Waals surface area contributed by atoms with Crippen LogP contribution in [0.5, 0.6) is 0 Å². The van der Waals surface area contributed by atoms with E-state index < -0.39 is 46.4 Å². The van der Waals surface area contributed by atoms with Crippen molar-refractivity contribution in [3.63, 3.8) is 0 Å².